The molecular weight excluding hydrogens is 354 g/mol. The lowest BCUT2D eigenvalue weighted by Gasteiger charge is -2.41. The van der Waals surface area contributed by atoms with Crippen LogP contribution in [0.15, 0.2) is 55.1 Å². The minimum Gasteiger partial charge on any atom is -0.367 e. The lowest BCUT2D eigenvalue weighted by molar-refractivity contribution is -0.0469. The van der Waals surface area contributed by atoms with Gasteiger partial charge in [-0.3, -0.25) is 4.68 Å². The van der Waals surface area contributed by atoms with E-state index >= 15 is 0 Å². The molecule has 4 heterocycles. The van der Waals surface area contributed by atoms with Crippen molar-refractivity contribution in [3.8, 4) is 11.3 Å². The first-order chi connectivity index (χ1) is 13.6. The fraction of sp³-hybridized carbons (Fsp3) is 0.300. The molecule has 8 heteroatoms. The van der Waals surface area contributed by atoms with Gasteiger partial charge in [-0.25, -0.2) is 4.98 Å². The van der Waals surface area contributed by atoms with Crippen LogP contribution in [0.3, 0.4) is 0 Å². The predicted octanol–water partition coefficient (Wildman–Crippen LogP) is 2.28. The van der Waals surface area contributed by atoms with Gasteiger partial charge in [0, 0.05) is 37.0 Å². The highest BCUT2D eigenvalue weighted by Crippen LogP contribution is 2.32. The van der Waals surface area contributed by atoms with Crippen LogP contribution in [-0.2, 0) is 17.4 Å². The van der Waals surface area contributed by atoms with Gasteiger partial charge in [-0.05, 0) is 6.92 Å². The summed E-state index contributed by atoms with van der Waals surface area (Å²) in [6.07, 6.45) is 5.42. The molecule has 1 saturated heterocycles. The maximum Gasteiger partial charge on any atom is 0.254 e. The summed E-state index contributed by atoms with van der Waals surface area (Å²) in [6, 6.07) is 12.2. The zero-order valence-electron chi connectivity index (χ0n) is 15.9. The Morgan fingerprint density at radius 1 is 1.14 bits per heavy atom. The first-order valence-electron chi connectivity index (χ1n) is 9.27. The third-order valence-electron chi connectivity index (χ3n) is 5.22. The number of hydrogen-bond donors (Lipinski definition) is 0. The fourth-order valence-corrected chi connectivity index (χ4v) is 3.71. The normalized spacial score (nSPS) is 20.0. The van der Waals surface area contributed by atoms with E-state index in [1.165, 1.54) is 0 Å². The molecule has 1 aliphatic heterocycles. The fourth-order valence-electron chi connectivity index (χ4n) is 3.71. The number of hydrogen-bond acceptors (Lipinski definition) is 6. The zero-order valence-corrected chi connectivity index (χ0v) is 15.9. The summed E-state index contributed by atoms with van der Waals surface area (Å²) >= 11 is 0. The summed E-state index contributed by atoms with van der Waals surface area (Å²) in [5.74, 6) is 1.55. The van der Waals surface area contributed by atoms with Gasteiger partial charge < -0.3 is 9.64 Å². The highest BCUT2D eigenvalue weighted by Gasteiger charge is 2.36. The number of aromatic nitrogens is 6. The van der Waals surface area contributed by atoms with E-state index in [2.05, 4.69) is 50.2 Å². The van der Waals surface area contributed by atoms with Crippen molar-refractivity contribution in [1.82, 2.24) is 29.4 Å². The van der Waals surface area contributed by atoms with Crippen molar-refractivity contribution >= 4 is 11.6 Å². The molecule has 0 aliphatic carbocycles. The maximum atomic E-state index is 6.17. The van der Waals surface area contributed by atoms with Gasteiger partial charge in [0.15, 0.2) is 0 Å². The summed E-state index contributed by atoms with van der Waals surface area (Å²) in [4.78, 5) is 11.3. The van der Waals surface area contributed by atoms with Crippen LogP contribution >= 0.6 is 0 Å². The molecule has 0 bridgehead atoms. The molecule has 1 fully saturated rings. The molecule has 0 amide bonds. The Morgan fingerprint density at radius 2 is 2.00 bits per heavy atom. The molecule has 5 rings (SSSR count). The number of ether oxygens (including phenoxy) is 1. The molecule has 3 aromatic heterocycles. The van der Waals surface area contributed by atoms with Crippen molar-refractivity contribution in [2.24, 2.45) is 7.05 Å². The third kappa shape index (κ3) is 2.82. The summed E-state index contributed by atoms with van der Waals surface area (Å²) in [7, 11) is 1.92. The van der Waals surface area contributed by atoms with Crippen molar-refractivity contribution in [1.29, 1.82) is 0 Å². The second-order valence-corrected chi connectivity index (χ2v) is 7.24. The molecule has 0 radical (unpaired) electrons. The van der Waals surface area contributed by atoms with Gasteiger partial charge in [-0.15, -0.1) is 0 Å². The highest BCUT2D eigenvalue weighted by molar-refractivity contribution is 5.65. The molecule has 28 heavy (non-hydrogen) atoms. The third-order valence-corrected chi connectivity index (χ3v) is 5.22. The molecular formula is C20H21N7O. The number of anilines is 1. The number of nitrogens with zero attached hydrogens (tertiary/aromatic N) is 7. The molecule has 1 aromatic carbocycles. The topological polar surface area (TPSA) is 73.4 Å². The van der Waals surface area contributed by atoms with Crippen molar-refractivity contribution in [3.05, 3.63) is 60.7 Å². The van der Waals surface area contributed by atoms with Crippen LogP contribution in [0.25, 0.3) is 17.0 Å². The molecule has 0 spiro atoms. The molecule has 142 valence electrons. The predicted molar refractivity (Wildman–Crippen MR) is 105 cm³/mol. The Labute approximate surface area is 162 Å². The van der Waals surface area contributed by atoms with E-state index in [0.717, 1.165) is 29.2 Å². The van der Waals surface area contributed by atoms with Crippen LogP contribution in [0.5, 0.6) is 0 Å². The molecule has 1 atom stereocenters. The summed E-state index contributed by atoms with van der Waals surface area (Å²) in [5, 5.41) is 8.71. The van der Waals surface area contributed by atoms with E-state index in [1.54, 1.807) is 15.5 Å². The van der Waals surface area contributed by atoms with Gasteiger partial charge >= 0.3 is 0 Å². The Hall–Kier alpha value is -3.26. The maximum absolute atomic E-state index is 6.17. The van der Waals surface area contributed by atoms with E-state index in [1.807, 2.05) is 37.6 Å². The molecule has 0 N–H and O–H groups in total. The van der Waals surface area contributed by atoms with Crippen molar-refractivity contribution in [3.63, 3.8) is 0 Å². The van der Waals surface area contributed by atoms with Gasteiger partial charge in [0.25, 0.3) is 5.78 Å². The summed E-state index contributed by atoms with van der Waals surface area (Å²) in [5.41, 5.74) is 2.55. The van der Waals surface area contributed by atoms with Crippen molar-refractivity contribution in [2.75, 3.05) is 24.6 Å². The average Bonchev–Trinajstić information content (AvgIpc) is 3.37. The van der Waals surface area contributed by atoms with Crippen LogP contribution < -0.4 is 4.90 Å². The van der Waals surface area contributed by atoms with Gasteiger partial charge in [0.1, 0.15) is 17.7 Å². The zero-order chi connectivity index (χ0) is 19.1. The molecule has 1 unspecified atom stereocenters. The minimum atomic E-state index is -0.449. The molecule has 1 aliphatic rings. The minimum absolute atomic E-state index is 0.449. The van der Waals surface area contributed by atoms with Crippen molar-refractivity contribution in [2.45, 2.75) is 12.5 Å². The first kappa shape index (κ1) is 16.9. The monoisotopic (exact) mass is 375 g/mol. The van der Waals surface area contributed by atoms with E-state index in [-0.39, 0.29) is 0 Å². The Balaban J connectivity index is 1.57. The lowest BCUT2D eigenvalue weighted by atomic mass is 9.97. The number of benzene rings is 1. The summed E-state index contributed by atoms with van der Waals surface area (Å²) in [6.45, 7) is 4.17. The molecule has 8 nitrogen and oxygen atoms in total. The first-order valence-corrected chi connectivity index (χ1v) is 9.27. The Kier molecular flexibility index (Phi) is 3.87. The second-order valence-electron chi connectivity index (χ2n) is 7.24. The highest BCUT2D eigenvalue weighted by atomic mass is 16.5. The van der Waals surface area contributed by atoms with Crippen LogP contribution in [0.4, 0.5) is 5.82 Å². The average molecular weight is 375 g/mol. The van der Waals surface area contributed by atoms with Gasteiger partial charge in [0.05, 0.1) is 25.0 Å². The smallest absolute Gasteiger partial charge is 0.254 e. The van der Waals surface area contributed by atoms with Gasteiger partial charge in [-0.1, -0.05) is 30.3 Å². The second kappa shape index (κ2) is 6.42. The summed E-state index contributed by atoms with van der Waals surface area (Å²) < 4.78 is 9.77. The number of fused-ring (bicyclic) bond motifs is 1. The van der Waals surface area contributed by atoms with E-state index in [0.29, 0.717) is 18.9 Å². The Bertz CT molecular complexity index is 1120. The van der Waals surface area contributed by atoms with Crippen LogP contribution in [0, 0.1) is 0 Å². The van der Waals surface area contributed by atoms with E-state index < -0.39 is 5.60 Å². The number of rotatable bonds is 3. The van der Waals surface area contributed by atoms with E-state index in [9.17, 15) is 0 Å². The lowest BCUT2D eigenvalue weighted by Crippen LogP contribution is -2.48. The molecule has 0 saturated carbocycles. The van der Waals surface area contributed by atoms with Gasteiger partial charge in [-0.2, -0.15) is 19.7 Å². The standard InChI is InChI=1S/C20H21N7O/c1-20(16-11-22-25(2)12-16)13-26(8-9-28-20)18-10-17(15-6-4-3-5-7-15)24-19-21-14-23-27(18)19/h3-7,10-12,14H,8-9,13H2,1-2H3. The van der Waals surface area contributed by atoms with Gasteiger partial charge in [0.2, 0.25) is 0 Å². The number of morpholine rings is 1. The Morgan fingerprint density at radius 3 is 2.79 bits per heavy atom. The van der Waals surface area contributed by atoms with Crippen molar-refractivity contribution < 1.29 is 4.74 Å². The largest absolute Gasteiger partial charge is 0.367 e. The molecule has 4 aromatic rings. The van der Waals surface area contributed by atoms with Crippen LogP contribution in [-0.4, -0.2) is 49.1 Å². The quantitative estimate of drug-likeness (QED) is 0.547. The van der Waals surface area contributed by atoms with Crippen LogP contribution in [0.2, 0.25) is 0 Å². The van der Waals surface area contributed by atoms with E-state index in [4.69, 9.17) is 4.74 Å². The SMILES string of the molecule is Cn1cc(C2(C)CN(c3cc(-c4ccccc4)nc4ncnn34)CCO2)cn1. The number of aryl methyl sites for hydroxylation is 1. The van der Waals surface area contributed by atoms with Crippen LogP contribution in [0.1, 0.15) is 12.5 Å².